The first kappa shape index (κ1) is 32.8. The summed E-state index contributed by atoms with van der Waals surface area (Å²) in [7, 11) is 0. The maximum absolute atomic E-state index is 10.1. The predicted octanol–water partition coefficient (Wildman–Crippen LogP) is 7.33. The lowest BCUT2D eigenvalue weighted by Gasteiger charge is -2.02. The molecule has 7 heteroatoms. The van der Waals surface area contributed by atoms with E-state index in [2.05, 4.69) is 25.4 Å². The van der Waals surface area contributed by atoms with Gasteiger partial charge in [-0.3, -0.25) is 4.99 Å². The molecule has 0 spiro atoms. The smallest absolute Gasteiger partial charge is 0.171 e. The summed E-state index contributed by atoms with van der Waals surface area (Å²) < 4.78 is 0. The number of fused-ring (bicyclic) bond motifs is 1. The Morgan fingerprint density at radius 1 is 0.821 bits per heavy atom. The number of nitrogens with two attached hydrogens (primary N) is 1. The van der Waals surface area contributed by atoms with Crippen molar-refractivity contribution in [2.75, 3.05) is 13.3 Å². The highest BCUT2D eigenvalue weighted by Crippen LogP contribution is 2.34. The lowest BCUT2D eigenvalue weighted by atomic mass is 10.1. The van der Waals surface area contributed by atoms with Crippen LogP contribution in [0.4, 0.5) is 5.69 Å². The molecular formula is C21H40N6O. The average Bonchev–Trinajstić information content (AvgIpc) is 2.73. The van der Waals surface area contributed by atoms with Gasteiger partial charge in [0, 0.05) is 5.39 Å². The van der Waals surface area contributed by atoms with Crippen molar-refractivity contribution in [1.82, 2.24) is 0 Å². The van der Waals surface area contributed by atoms with Crippen LogP contribution in [0.15, 0.2) is 61.8 Å². The lowest BCUT2D eigenvalue weighted by molar-refractivity contribution is 0.482. The first-order valence-electron chi connectivity index (χ1n) is 8.94. The second-order valence-electron chi connectivity index (χ2n) is 3.79. The van der Waals surface area contributed by atoms with Crippen molar-refractivity contribution in [3.05, 3.63) is 36.4 Å². The predicted molar refractivity (Wildman–Crippen MR) is 125 cm³/mol. The monoisotopic (exact) mass is 392 g/mol. The number of nitrogens with zero attached hydrogens (tertiary/aromatic N) is 5. The molecule has 7 nitrogen and oxygen atoms in total. The molecule has 0 aromatic heterocycles. The van der Waals surface area contributed by atoms with Gasteiger partial charge < -0.3 is 10.8 Å². The number of hydrogen-bond donors (Lipinski definition) is 2. The fourth-order valence-corrected chi connectivity index (χ4v) is 1.63. The molecule has 0 bridgehead atoms. The number of phenolic OH excluding ortho intramolecular Hbond substituents is 1. The number of hydrogen-bond acceptors (Lipinski definition) is 6. The molecule has 0 unspecified atom stereocenters. The van der Waals surface area contributed by atoms with E-state index >= 15 is 0 Å². The summed E-state index contributed by atoms with van der Waals surface area (Å²) >= 11 is 0. The molecule has 0 heterocycles. The van der Waals surface area contributed by atoms with E-state index in [4.69, 9.17) is 5.73 Å². The van der Waals surface area contributed by atoms with E-state index in [0.29, 0.717) is 5.69 Å². The van der Waals surface area contributed by atoms with E-state index in [-0.39, 0.29) is 33.9 Å². The number of rotatable bonds is 5. The van der Waals surface area contributed by atoms with Crippen LogP contribution < -0.4 is 5.73 Å². The Hall–Kier alpha value is -2.83. The Morgan fingerprint density at radius 2 is 1.39 bits per heavy atom. The van der Waals surface area contributed by atoms with Crippen LogP contribution in [-0.2, 0) is 0 Å². The largest absolute Gasteiger partial charge is 0.505 e. The van der Waals surface area contributed by atoms with E-state index in [0.717, 1.165) is 17.1 Å². The topological polar surface area (TPSA) is 108 Å². The molecule has 0 saturated heterocycles. The number of benzene rings is 2. The maximum atomic E-state index is 10.1. The molecule has 0 radical (unpaired) electrons. The highest BCUT2D eigenvalue weighted by atomic mass is 16.3. The van der Waals surface area contributed by atoms with E-state index < -0.39 is 0 Å². The molecule has 2 rings (SSSR count). The second kappa shape index (κ2) is 24.2. The fraction of sp³-hybridized carbons (Fsp3) is 0.476. The minimum absolute atomic E-state index is 0. The van der Waals surface area contributed by atoms with Gasteiger partial charge >= 0.3 is 0 Å². The molecule has 0 amide bonds. The van der Waals surface area contributed by atoms with Gasteiger partial charge in [0.05, 0.1) is 6.34 Å². The molecule has 0 aliphatic heterocycles. The summed E-state index contributed by atoms with van der Waals surface area (Å²) in [5.74, 6) is 0.108. The van der Waals surface area contributed by atoms with Gasteiger partial charge in [-0.25, -0.2) is 0 Å². The summed E-state index contributed by atoms with van der Waals surface area (Å²) in [5, 5.41) is 27.0. The number of aromatic hydroxyl groups is 1. The normalized spacial score (nSPS) is 9.36. The van der Waals surface area contributed by atoms with Crippen LogP contribution >= 0.6 is 0 Å². The van der Waals surface area contributed by atoms with Gasteiger partial charge in [-0.1, -0.05) is 86.7 Å². The van der Waals surface area contributed by atoms with E-state index in [1.54, 1.807) is 6.07 Å². The third kappa shape index (κ3) is 12.5. The molecule has 2 aromatic rings. The van der Waals surface area contributed by atoms with Gasteiger partial charge in [0.15, 0.2) is 19.1 Å². The fourth-order valence-electron chi connectivity index (χ4n) is 1.63. The molecule has 0 fully saturated rings. The molecule has 0 atom stereocenters. The average molecular weight is 393 g/mol. The Labute approximate surface area is 171 Å². The standard InChI is InChI=1S/C13H14N6O.3C2H6.2CH4/c14-7-15-8-16-17-9-18-19-12-6-5-10-3-1-2-4-11(10)13(12)20;3*1-2;;/h1-7,20H,8-9H2,(H2,14,15);3*1-2H3;2*1H4. The first-order chi connectivity index (χ1) is 12.8. The van der Waals surface area contributed by atoms with Crippen molar-refractivity contribution in [2.24, 2.45) is 31.2 Å². The van der Waals surface area contributed by atoms with Crippen LogP contribution in [0.2, 0.25) is 0 Å². The van der Waals surface area contributed by atoms with Gasteiger partial charge in [0.2, 0.25) is 0 Å². The zero-order valence-corrected chi connectivity index (χ0v) is 16.7. The van der Waals surface area contributed by atoms with Crippen molar-refractivity contribution in [2.45, 2.75) is 56.4 Å². The minimum atomic E-state index is 0. The van der Waals surface area contributed by atoms with E-state index in [9.17, 15) is 5.11 Å². The molecule has 28 heavy (non-hydrogen) atoms. The van der Waals surface area contributed by atoms with E-state index in [1.165, 1.54) is 0 Å². The summed E-state index contributed by atoms with van der Waals surface area (Å²) in [5.41, 5.74) is 5.45. The van der Waals surface area contributed by atoms with Gasteiger partial charge in [0.25, 0.3) is 0 Å². The van der Waals surface area contributed by atoms with Gasteiger partial charge in [-0.15, -0.1) is 0 Å². The third-order valence-electron chi connectivity index (χ3n) is 2.53. The van der Waals surface area contributed by atoms with Crippen molar-refractivity contribution < 1.29 is 5.11 Å². The zero-order valence-electron chi connectivity index (χ0n) is 16.7. The van der Waals surface area contributed by atoms with Gasteiger partial charge in [-0.05, 0) is 11.5 Å². The van der Waals surface area contributed by atoms with Crippen molar-refractivity contribution in [3.8, 4) is 5.75 Å². The Balaban J connectivity index is -0.000000329. The minimum Gasteiger partial charge on any atom is -0.505 e. The molecule has 0 aliphatic carbocycles. The van der Waals surface area contributed by atoms with E-state index in [1.807, 2.05) is 71.9 Å². The third-order valence-corrected chi connectivity index (χ3v) is 2.53. The summed E-state index contributed by atoms with van der Waals surface area (Å²) in [4.78, 5) is 3.66. The molecule has 3 N–H and O–H groups in total. The molecule has 0 aliphatic rings. The van der Waals surface area contributed by atoms with Gasteiger partial charge in [0.1, 0.15) is 5.69 Å². The van der Waals surface area contributed by atoms with Crippen molar-refractivity contribution in [1.29, 1.82) is 0 Å². The quantitative estimate of drug-likeness (QED) is 0.315. The molecule has 0 saturated carbocycles. The zero-order chi connectivity index (χ0) is 20.2. The van der Waals surface area contributed by atoms with Crippen LogP contribution in [0.25, 0.3) is 10.8 Å². The first-order valence-corrected chi connectivity index (χ1v) is 8.94. The van der Waals surface area contributed by atoms with Crippen LogP contribution in [0.5, 0.6) is 5.75 Å². The van der Waals surface area contributed by atoms with Crippen molar-refractivity contribution in [3.63, 3.8) is 0 Å². The Kier molecular flexibility index (Phi) is 28.3. The molecular weight excluding hydrogens is 352 g/mol. The van der Waals surface area contributed by atoms with Crippen LogP contribution in [0.1, 0.15) is 56.4 Å². The van der Waals surface area contributed by atoms with Crippen LogP contribution in [-0.4, -0.2) is 24.8 Å². The lowest BCUT2D eigenvalue weighted by Crippen LogP contribution is -1.88. The highest BCUT2D eigenvalue weighted by molar-refractivity contribution is 5.92. The summed E-state index contributed by atoms with van der Waals surface area (Å²) in [6.45, 7) is 12.2. The van der Waals surface area contributed by atoms with Crippen molar-refractivity contribution >= 4 is 22.8 Å². The highest BCUT2D eigenvalue weighted by Gasteiger charge is 2.04. The SMILES string of the molecule is C.C.CC.CC.CC.NC=NCN=NCN=Nc1ccc2ccccc2c1O. The summed E-state index contributed by atoms with van der Waals surface area (Å²) in [6, 6.07) is 11.1. The number of phenols is 1. The number of azo groups is 2. The summed E-state index contributed by atoms with van der Waals surface area (Å²) in [6.07, 6.45) is 1.16. The maximum Gasteiger partial charge on any atom is 0.171 e. The van der Waals surface area contributed by atoms with Crippen LogP contribution in [0, 0.1) is 0 Å². The second-order valence-corrected chi connectivity index (χ2v) is 3.79. The van der Waals surface area contributed by atoms with Gasteiger partial charge in [-0.2, -0.15) is 20.5 Å². The molecule has 2 aromatic carbocycles. The Bertz CT molecular complexity index is 669. The molecule has 160 valence electrons. The Morgan fingerprint density at radius 3 is 2.00 bits per heavy atom. The number of aliphatic imine (C=N–C) groups is 1. The van der Waals surface area contributed by atoms with Crippen LogP contribution in [0.3, 0.4) is 0 Å².